The monoisotopic (exact) mass is 573 g/mol. The Morgan fingerprint density at radius 3 is 1.70 bits per heavy atom. The van der Waals surface area contributed by atoms with Crippen LogP contribution in [0.3, 0.4) is 0 Å². The summed E-state index contributed by atoms with van der Waals surface area (Å²) in [6.45, 7) is 4.08. The van der Waals surface area contributed by atoms with Crippen LogP contribution in [-0.4, -0.2) is 54.9 Å². The average Bonchev–Trinajstić information content (AvgIpc) is 3.30. The molecule has 0 fully saturated rings. The van der Waals surface area contributed by atoms with Gasteiger partial charge in [-0.05, 0) is 77.4 Å². The van der Waals surface area contributed by atoms with Gasteiger partial charge in [0.2, 0.25) is 0 Å². The van der Waals surface area contributed by atoms with Crippen molar-refractivity contribution in [1.82, 2.24) is 0 Å². The first-order chi connectivity index (χ1) is 20.6. The van der Waals surface area contributed by atoms with E-state index in [0.717, 1.165) is 44.9 Å². The molecule has 220 valence electrons. The van der Waals surface area contributed by atoms with E-state index in [4.69, 9.17) is 9.47 Å². The largest absolute Gasteiger partial charge is 0.490 e. The maximum Gasteiger partial charge on any atom is 0.340 e. The summed E-state index contributed by atoms with van der Waals surface area (Å²) >= 11 is 0. The van der Waals surface area contributed by atoms with Crippen LogP contribution in [0.25, 0.3) is 5.57 Å². The standard InChI is InChI=1S/C37H39N3O3/c1-8-23-42-32-21-22-35-33(24-32)36(41)43-37(35,28-13-19-31(20-14-28)40(6)7)25-34(26-9-15-29(16-10-26)38(2)3)27-11-17-30(18-12-27)39(4)5/h8-22,24-25H,1,23H2,2-7H3. The maximum atomic E-state index is 13.6. The van der Waals surface area contributed by atoms with Gasteiger partial charge in [-0.1, -0.05) is 49.1 Å². The zero-order valence-corrected chi connectivity index (χ0v) is 25.8. The van der Waals surface area contributed by atoms with Crippen LogP contribution in [0.1, 0.15) is 32.6 Å². The lowest BCUT2D eigenvalue weighted by molar-refractivity contribution is 0.0276. The van der Waals surface area contributed by atoms with Crippen LogP contribution in [0.5, 0.6) is 5.75 Å². The van der Waals surface area contributed by atoms with E-state index in [-0.39, 0.29) is 0 Å². The number of rotatable bonds is 10. The van der Waals surface area contributed by atoms with E-state index < -0.39 is 11.6 Å². The van der Waals surface area contributed by atoms with Crippen LogP contribution in [0.15, 0.2) is 110 Å². The van der Waals surface area contributed by atoms with Crippen molar-refractivity contribution < 1.29 is 14.3 Å². The summed E-state index contributed by atoms with van der Waals surface area (Å²) in [4.78, 5) is 19.8. The molecule has 0 spiro atoms. The summed E-state index contributed by atoms with van der Waals surface area (Å²) in [5.41, 5.74) is 7.20. The number of esters is 1. The van der Waals surface area contributed by atoms with E-state index in [1.807, 2.05) is 71.5 Å². The van der Waals surface area contributed by atoms with Gasteiger partial charge in [0.1, 0.15) is 12.4 Å². The minimum absolute atomic E-state index is 0.348. The van der Waals surface area contributed by atoms with Gasteiger partial charge in [0, 0.05) is 70.5 Å². The Kier molecular flexibility index (Phi) is 8.31. The average molecular weight is 574 g/mol. The van der Waals surface area contributed by atoms with Crippen molar-refractivity contribution >= 4 is 28.6 Å². The molecule has 0 aromatic heterocycles. The van der Waals surface area contributed by atoms with Crippen LogP contribution < -0.4 is 19.4 Å². The van der Waals surface area contributed by atoms with Gasteiger partial charge in [-0.25, -0.2) is 4.79 Å². The first kappa shape index (κ1) is 29.5. The normalized spacial score (nSPS) is 15.3. The molecule has 0 radical (unpaired) electrons. The van der Waals surface area contributed by atoms with Gasteiger partial charge >= 0.3 is 5.97 Å². The molecule has 6 heteroatoms. The molecular formula is C37H39N3O3. The lowest BCUT2D eigenvalue weighted by Crippen LogP contribution is -2.26. The topological polar surface area (TPSA) is 45.3 Å². The molecule has 1 unspecified atom stereocenters. The number of fused-ring (bicyclic) bond motifs is 1. The fraction of sp³-hybridized carbons (Fsp3) is 0.216. The molecule has 4 aromatic carbocycles. The van der Waals surface area contributed by atoms with Gasteiger partial charge in [0.15, 0.2) is 5.60 Å². The Morgan fingerprint density at radius 1 is 0.744 bits per heavy atom. The van der Waals surface area contributed by atoms with Crippen molar-refractivity contribution in [2.75, 3.05) is 63.6 Å². The summed E-state index contributed by atoms with van der Waals surface area (Å²) < 4.78 is 12.2. The number of anilines is 3. The number of hydrogen-bond donors (Lipinski definition) is 0. The van der Waals surface area contributed by atoms with E-state index >= 15 is 0 Å². The summed E-state index contributed by atoms with van der Waals surface area (Å²) in [5.74, 6) is 0.203. The highest BCUT2D eigenvalue weighted by Gasteiger charge is 2.46. The highest BCUT2D eigenvalue weighted by atomic mass is 16.6. The lowest BCUT2D eigenvalue weighted by Gasteiger charge is -2.29. The SMILES string of the molecule is C=CCOc1ccc2c(c1)C(=O)OC2(C=C(c1ccc(N(C)C)cc1)c1ccc(N(C)C)cc1)c1ccc(N(C)C)cc1. The number of cyclic esters (lactones) is 1. The number of carbonyl (C=O) groups is 1. The van der Waals surface area contributed by atoms with Gasteiger partial charge < -0.3 is 24.2 Å². The van der Waals surface area contributed by atoms with Crippen LogP contribution in [0.2, 0.25) is 0 Å². The fourth-order valence-electron chi connectivity index (χ4n) is 5.34. The third kappa shape index (κ3) is 5.86. The van der Waals surface area contributed by atoms with Crippen molar-refractivity contribution in [2.45, 2.75) is 5.60 Å². The molecule has 6 nitrogen and oxygen atoms in total. The molecule has 43 heavy (non-hydrogen) atoms. The lowest BCUT2D eigenvalue weighted by atomic mass is 9.81. The predicted octanol–water partition coefficient (Wildman–Crippen LogP) is 7.00. The van der Waals surface area contributed by atoms with Crippen molar-refractivity contribution in [3.05, 3.63) is 138 Å². The van der Waals surface area contributed by atoms with Gasteiger partial charge in [0.05, 0.1) is 5.56 Å². The van der Waals surface area contributed by atoms with E-state index in [1.165, 1.54) is 0 Å². The van der Waals surface area contributed by atoms with Gasteiger partial charge in [-0.15, -0.1) is 0 Å². The summed E-state index contributed by atoms with van der Waals surface area (Å²) in [5, 5.41) is 0. The van der Waals surface area contributed by atoms with Crippen LogP contribution in [-0.2, 0) is 10.3 Å². The molecule has 1 aliphatic heterocycles. The van der Waals surface area contributed by atoms with E-state index in [2.05, 4.69) is 83.1 Å². The number of ether oxygens (including phenoxy) is 2. The summed E-state index contributed by atoms with van der Waals surface area (Å²) in [6, 6.07) is 30.7. The number of carbonyl (C=O) groups excluding carboxylic acids is 1. The van der Waals surface area contributed by atoms with Crippen LogP contribution in [0.4, 0.5) is 17.1 Å². The van der Waals surface area contributed by atoms with E-state index in [0.29, 0.717) is 17.9 Å². The van der Waals surface area contributed by atoms with E-state index in [9.17, 15) is 4.79 Å². The van der Waals surface area contributed by atoms with Gasteiger partial charge in [-0.2, -0.15) is 0 Å². The molecule has 0 aliphatic carbocycles. The highest BCUT2D eigenvalue weighted by molar-refractivity contribution is 5.97. The Bertz CT molecular complexity index is 1580. The van der Waals surface area contributed by atoms with Crippen molar-refractivity contribution in [1.29, 1.82) is 0 Å². The zero-order valence-electron chi connectivity index (χ0n) is 25.8. The molecule has 0 amide bonds. The Balaban J connectivity index is 1.76. The Morgan fingerprint density at radius 2 is 1.23 bits per heavy atom. The quantitative estimate of drug-likeness (QED) is 0.150. The maximum absolute atomic E-state index is 13.6. The number of nitrogens with zero attached hydrogens (tertiary/aromatic N) is 3. The smallest absolute Gasteiger partial charge is 0.340 e. The van der Waals surface area contributed by atoms with Crippen molar-refractivity contribution in [3.63, 3.8) is 0 Å². The first-order valence-corrected chi connectivity index (χ1v) is 14.3. The molecule has 1 heterocycles. The first-order valence-electron chi connectivity index (χ1n) is 14.3. The Hall–Kier alpha value is -4.97. The summed E-state index contributed by atoms with van der Waals surface area (Å²) in [7, 11) is 12.1. The molecule has 0 saturated carbocycles. The minimum Gasteiger partial charge on any atom is -0.490 e. The summed E-state index contributed by atoms with van der Waals surface area (Å²) in [6.07, 6.45) is 3.78. The van der Waals surface area contributed by atoms with Crippen LogP contribution in [0, 0.1) is 0 Å². The minimum atomic E-state index is -1.16. The second-order valence-electron chi connectivity index (χ2n) is 11.3. The molecule has 0 N–H and O–H groups in total. The number of hydrogen-bond acceptors (Lipinski definition) is 6. The molecule has 5 rings (SSSR count). The van der Waals surface area contributed by atoms with E-state index in [1.54, 1.807) is 12.1 Å². The second kappa shape index (κ2) is 12.1. The molecule has 4 aromatic rings. The highest BCUT2D eigenvalue weighted by Crippen LogP contribution is 2.47. The number of benzene rings is 4. The van der Waals surface area contributed by atoms with Crippen molar-refractivity contribution in [2.24, 2.45) is 0 Å². The second-order valence-corrected chi connectivity index (χ2v) is 11.3. The van der Waals surface area contributed by atoms with Gasteiger partial charge in [-0.3, -0.25) is 0 Å². The molecule has 1 aliphatic rings. The molecule has 0 saturated heterocycles. The third-order valence-corrected chi connectivity index (χ3v) is 7.78. The van der Waals surface area contributed by atoms with Gasteiger partial charge in [0.25, 0.3) is 0 Å². The molecular weight excluding hydrogens is 534 g/mol. The Labute approximate surface area is 255 Å². The fourth-order valence-corrected chi connectivity index (χ4v) is 5.34. The predicted molar refractivity (Wildman–Crippen MR) is 178 cm³/mol. The van der Waals surface area contributed by atoms with Crippen molar-refractivity contribution in [3.8, 4) is 5.75 Å². The molecule has 1 atom stereocenters. The molecule has 0 bridgehead atoms. The third-order valence-electron chi connectivity index (χ3n) is 7.78. The van der Waals surface area contributed by atoms with Crippen LogP contribution >= 0.6 is 0 Å². The zero-order chi connectivity index (χ0) is 30.7.